The Morgan fingerprint density at radius 2 is 1.45 bits per heavy atom. The van der Waals surface area contributed by atoms with Crippen molar-refractivity contribution in [2.24, 2.45) is 11.5 Å². The monoisotopic (exact) mass is 474 g/mol. The van der Waals surface area contributed by atoms with Gasteiger partial charge >= 0.3 is 11.9 Å². The van der Waals surface area contributed by atoms with Crippen LogP contribution in [0.4, 0.5) is 0 Å². The van der Waals surface area contributed by atoms with Crippen LogP contribution in [0.25, 0.3) is 0 Å². The summed E-state index contributed by atoms with van der Waals surface area (Å²) in [6.45, 7) is 2.31. The van der Waals surface area contributed by atoms with E-state index in [9.17, 15) is 9.59 Å². The van der Waals surface area contributed by atoms with Crippen molar-refractivity contribution in [2.45, 2.75) is 115 Å². The molecule has 1 unspecified atom stereocenters. The van der Waals surface area contributed by atoms with E-state index in [1.807, 2.05) is 6.08 Å². The Balaban J connectivity index is 0. The van der Waals surface area contributed by atoms with Gasteiger partial charge in [0.05, 0.1) is 6.61 Å². The van der Waals surface area contributed by atoms with Gasteiger partial charge in [0, 0.05) is 6.08 Å². The van der Waals surface area contributed by atoms with Crippen molar-refractivity contribution in [3.63, 3.8) is 0 Å². The number of carboxylic acids is 1. The van der Waals surface area contributed by atoms with E-state index in [0.717, 1.165) is 25.7 Å². The highest BCUT2D eigenvalue weighted by molar-refractivity contribution is 5.81. The molecule has 0 fully saturated rings. The van der Waals surface area contributed by atoms with Crippen LogP contribution in [0.1, 0.15) is 103 Å². The lowest BCUT2D eigenvalue weighted by Crippen LogP contribution is -2.29. The molecule has 0 amide bonds. The summed E-state index contributed by atoms with van der Waals surface area (Å²) < 4.78 is 4.77. The number of hydrogen-bond acceptors (Lipinski definition) is 7. The fraction of sp³-hybridized carbons (Fsp3) is 0.840. The predicted octanol–water partition coefficient (Wildman–Crippen LogP) is 3.67. The first kappa shape index (κ1) is 33.7. The third-order valence-electron chi connectivity index (χ3n) is 5.14. The highest BCUT2D eigenvalue weighted by Gasteiger charge is 2.09. The number of rotatable bonds is 21. The van der Waals surface area contributed by atoms with E-state index in [0.29, 0.717) is 13.0 Å². The molecule has 33 heavy (non-hydrogen) atoms. The van der Waals surface area contributed by atoms with E-state index in [2.05, 4.69) is 6.92 Å². The van der Waals surface area contributed by atoms with Crippen molar-refractivity contribution in [1.29, 1.82) is 0 Å². The lowest BCUT2D eigenvalue weighted by molar-refractivity contribution is -0.141. The average Bonchev–Trinajstić information content (AvgIpc) is 2.80. The molecular formula is C25H50N2O6. The number of aliphatic carboxylic acids is 1. The minimum absolute atomic E-state index is 0.155. The lowest BCUT2D eigenvalue weighted by atomic mass is 10.1. The molecule has 0 bridgehead atoms. The maximum absolute atomic E-state index is 11.3. The maximum atomic E-state index is 11.3. The first-order valence-electron chi connectivity index (χ1n) is 12.7. The Kier molecular flexibility index (Phi) is 27.3. The van der Waals surface area contributed by atoms with Crippen molar-refractivity contribution in [3.8, 4) is 0 Å². The van der Waals surface area contributed by atoms with E-state index in [1.54, 1.807) is 0 Å². The zero-order valence-electron chi connectivity index (χ0n) is 20.8. The third-order valence-corrected chi connectivity index (χ3v) is 5.14. The molecule has 8 heteroatoms. The second kappa shape index (κ2) is 26.8. The first-order valence-corrected chi connectivity index (χ1v) is 12.7. The summed E-state index contributed by atoms with van der Waals surface area (Å²) in [6, 6.07) is -0.716. The Hall–Kier alpha value is -1.48. The van der Waals surface area contributed by atoms with Crippen molar-refractivity contribution in [1.82, 2.24) is 0 Å². The van der Waals surface area contributed by atoms with Gasteiger partial charge < -0.3 is 31.5 Å². The fourth-order valence-electron chi connectivity index (χ4n) is 3.02. The lowest BCUT2D eigenvalue weighted by Gasteiger charge is -2.06. The number of ether oxygens (including phenoxy) is 1. The minimum Gasteiger partial charge on any atom is -0.480 e. The van der Waals surface area contributed by atoms with Crippen LogP contribution in [-0.4, -0.2) is 59.2 Å². The normalized spacial score (nSPS) is 12.8. The molecule has 196 valence electrons. The average molecular weight is 475 g/mol. The van der Waals surface area contributed by atoms with Gasteiger partial charge in [0.1, 0.15) is 18.8 Å². The SMILES string of the molecule is CCCCCCCCCCCCCC=CC(=O)OCC(O)CO.NCCCC[C@H](N)C(=O)O. The Labute approximate surface area is 200 Å². The molecule has 0 aliphatic carbocycles. The van der Waals surface area contributed by atoms with Gasteiger partial charge in [0.25, 0.3) is 0 Å². The molecule has 0 aromatic heterocycles. The summed E-state index contributed by atoms with van der Waals surface area (Å²) in [4.78, 5) is 21.4. The van der Waals surface area contributed by atoms with Gasteiger partial charge in [-0.3, -0.25) is 4.79 Å². The van der Waals surface area contributed by atoms with Crippen LogP contribution in [0.2, 0.25) is 0 Å². The van der Waals surface area contributed by atoms with Crippen LogP contribution >= 0.6 is 0 Å². The van der Waals surface area contributed by atoms with Gasteiger partial charge in [0.15, 0.2) is 0 Å². The Morgan fingerprint density at radius 1 is 0.909 bits per heavy atom. The van der Waals surface area contributed by atoms with Crippen LogP contribution in [0.5, 0.6) is 0 Å². The van der Waals surface area contributed by atoms with Crippen LogP contribution in [0, 0.1) is 0 Å². The molecule has 0 aliphatic rings. The number of aliphatic hydroxyl groups excluding tert-OH is 2. The quantitative estimate of drug-likeness (QED) is 0.0958. The molecule has 0 aromatic rings. The van der Waals surface area contributed by atoms with E-state index >= 15 is 0 Å². The molecule has 7 N–H and O–H groups in total. The summed E-state index contributed by atoms with van der Waals surface area (Å²) >= 11 is 0. The minimum atomic E-state index is -0.987. The number of aliphatic hydroxyl groups is 2. The van der Waals surface area contributed by atoms with Gasteiger partial charge in [-0.25, -0.2) is 4.79 Å². The second-order valence-electron chi connectivity index (χ2n) is 8.42. The van der Waals surface area contributed by atoms with Gasteiger partial charge in [-0.15, -0.1) is 0 Å². The summed E-state index contributed by atoms with van der Waals surface area (Å²) in [5.41, 5.74) is 10.4. The van der Waals surface area contributed by atoms with Crippen molar-refractivity contribution < 1.29 is 29.6 Å². The number of esters is 1. The van der Waals surface area contributed by atoms with Crippen LogP contribution < -0.4 is 11.5 Å². The van der Waals surface area contributed by atoms with Gasteiger partial charge in [0.2, 0.25) is 0 Å². The third kappa shape index (κ3) is 28.5. The molecule has 0 rings (SSSR count). The number of hydrogen-bond donors (Lipinski definition) is 5. The fourth-order valence-corrected chi connectivity index (χ4v) is 3.02. The summed E-state index contributed by atoms with van der Waals surface area (Å²) in [7, 11) is 0. The van der Waals surface area contributed by atoms with Crippen LogP contribution in [0.15, 0.2) is 12.2 Å². The zero-order valence-corrected chi connectivity index (χ0v) is 20.8. The summed E-state index contributed by atoms with van der Waals surface area (Å²) in [5.74, 6) is -1.39. The predicted molar refractivity (Wildman–Crippen MR) is 133 cm³/mol. The Morgan fingerprint density at radius 3 is 1.94 bits per heavy atom. The second-order valence-corrected chi connectivity index (χ2v) is 8.42. The van der Waals surface area contributed by atoms with Gasteiger partial charge in [-0.2, -0.15) is 0 Å². The molecule has 0 saturated carbocycles. The highest BCUT2D eigenvalue weighted by Crippen LogP contribution is 2.12. The molecule has 0 spiro atoms. The van der Waals surface area contributed by atoms with E-state index in [1.165, 1.54) is 70.3 Å². The molecule has 2 atom stereocenters. The molecule has 8 nitrogen and oxygen atoms in total. The maximum Gasteiger partial charge on any atom is 0.330 e. The topological polar surface area (TPSA) is 156 Å². The van der Waals surface area contributed by atoms with E-state index in [-0.39, 0.29) is 6.61 Å². The van der Waals surface area contributed by atoms with Crippen molar-refractivity contribution in [2.75, 3.05) is 19.8 Å². The van der Waals surface area contributed by atoms with Crippen molar-refractivity contribution >= 4 is 11.9 Å². The van der Waals surface area contributed by atoms with E-state index in [4.69, 9.17) is 31.5 Å². The van der Waals surface area contributed by atoms with Crippen LogP contribution in [-0.2, 0) is 14.3 Å². The molecule has 0 aliphatic heterocycles. The van der Waals surface area contributed by atoms with Crippen LogP contribution in [0.3, 0.4) is 0 Å². The number of allylic oxidation sites excluding steroid dienone is 1. The smallest absolute Gasteiger partial charge is 0.330 e. The number of nitrogens with two attached hydrogens (primary N) is 2. The molecular weight excluding hydrogens is 424 g/mol. The zero-order chi connectivity index (χ0) is 25.2. The standard InChI is InChI=1S/C19H36O4.C6H14N2O2/c1-2-3-4-5-6-7-8-9-10-11-12-13-14-15-19(22)23-17-18(21)16-20;7-4-2-1-3-5(8)6(9)10/h14-15,18,20-21H,2-13,16-17H2,1H3;5H,1-4,7-8H2,(H,9,10)/t;5-/m.0/s1. The van der Waals surface area contributed by atoms with Gasteiger partial charge in [-0.1, -0.05) is 83.6 Å². The first-order chi connectivity index (χ1) is 15.9. The van der Waals surface area contributed by atoms with Crippen molar-refractivity contribution in [3.05, 3.63) is 12.2 Å². The van der Waals surface area contributed by atoms with E-state index < -0.39 is 30.7 Å². The number of carbonyl (C=O) groups is 2. The largest absolute Gasteiger partial charge is 0.480 e. The highest BCUT2D eigenvalue weighted by atomic mass is 16.5. The van der Waals surface area contributed by atoms with Gasteiger partial charge in [-0.05, 0) is 32.2 Å². The molecule has 0 saturated heterocycles. The molecule has 0 heterocycles. The Bertz CT molecular complexity index is 474. The number of unbranched alkanes of at least 4 members (excludes halogenated alkanes) is 12. The molecule has 0 aromatic carbocycles. The number of carboxylic acid groups (broad SMARTS) is 1. The summed E-state index contributed by atoms with van der Waals surface area (Å²) in [5, 5.41) is 26.0. The number of carbonyl (C=O) groups excluding carboxylic acids is 1. The molecule has 0 radical (unpaired) electrons. The summed E-state index contributed by atoms with van der Waals surface area (Å²) in [6.07, 6.45) is 19.8.